The summed E-state index contributed by atoms with van der Waals surface area (Å²) in [6.45, 7) is 11.9. The monoisotopic (exact) mass is 512 g/mol. The molecule has 0 saturated heterocycles. The van der Waals surface area contributed by atoms with Crippen molar-refractivity contribution in [1.82, 2.24) is 20.4 Å². The summed E-state index contributed by atoms with van der Waals surface area (Å²) in [5.74, 6) is 0.748. The van der Waals surface area contributed by atoms with Crippen molar-refractivity contribution in [2.45, 2.75) is 47.7 Å². The van der Waals surface area contributed by atoms with Gasteiger partial charge in [0.15, 0.2) is 5.96 Å². The molecule has 8 heteroatoms. The Hall–Kier alpha value is -2.10. The zero-order chi connectivity index (χ0) is 20.7. The van der Waals surface area contributed by atoms with Crippen molar-refractivity contribution in [3.8, 4) is 0 Å². The molecular weight excluding hydrogens is 479 g/mol. The maximum Gasteiger partial charge on any atom is 0.226 e. The van der Waals surface area contributed by atoms with E-state index in [1.807, 2.05) is 63.7 Å². The first kappa shape index (κ1) is 24.9. The van der Waals surface area contributed by atoms with E-state index in [4.69, 9.17) is 0 Å². The molecule has 1 aromatic heterocycles. The van der Waals surface area contributed by atoms with Gasteiger partial charge < -0.3 is 16.0 Å². The summed E-state index contributed by atoms with van der Waals surface area (Å²) in [6, 6.07) is 7.79. The SMILES string of the molecule is CCNC(=NCc1ccc(NC(=O)C(C)C)cc1)NCc1c(C)nn(C)c1C.I. The fourth-order valence-corrected chi connectivity index (χ4v) is 2.74. The van der Waals surface area contributed by atoms with Crippen molar-refractivity contribution in [2.24, 2.45) is 18.0 Å². The number of guanidine groups is 1. The summed E-state index contributed by atoms with van der Waals surface area (Å²) in [7, 11) is 1.96. The first-order chi connectivity index (χ1) is 13.3. The van der Waals surface area contributed by atoms with Crippen LogP contribution in [0.3, 0.4) is 0 Å². The Labute approximate surface area is 190 Å². The number of halogens is 1. The number of aryl methyl sites for hydroxylation is 2. The summed E-state index contributed by atoms with van der Waals surface area (Å²) in [6.07, 6.45) is 0. The quantitative estimate of drug-likeness (QED) is 0.301. The lowest BCUT2D eigenvalue weighted by Gasteiger charge is -2.12. The minimum absolute atomic E-state index is 0. The highest BCUT2D eigenvalue weighted by Gasteiger charge is 2.10. The van der Waals surface area contributed by atoms with Gasteiger partial charge in [0, 0.05) is 43.0 Å². The highest BCUT2D eigenvalue weighted by molar-refractivity contribution is 14.0. The molecule has 0 aliphatic carbocycles. The molecule has 0 radical (unpaired) electrons. The van der Waals surface area contributed by atoms with Crippen LogP contribution >= 0.6 is 24.0 Å². The summed E-state index contributed by atoms with van der Waals surface area (Å²) >= 11 is 0. The Balaban J connectivity index is 0.00000420. The number of amides is 1. The maximum absolute atomic E-state index is 11.8. The second-order valence-corrected chi connectivity index (χ2v) is 7.16. The van der Waals surface area contributed by atoms with Gasteiger partial charge in [-0.25, -0.2) is 4.99 Å². The molecule has 160 valence electrons. The number of benzene rings is 1. The average Bonchev–Trinajstić information content (AvgIpc) is 2.90. The number of nitrogens with zero attached hydrogens (tertiary/aromatic N) is 3. The van der Waals surface area contributed by atoms with E-state index in [2.05, 4.69) is 33.0 Å². The van der Waals surface area contributed by atoms with Crippen LogP contribution in [-0.2, 0) is 24.9 Å². The molecule has 3 N–H and O–H groups in total. The van der Waals surface area contributed by atoms with Crippen LogP contribution in [0.1, 0.15) is 43.3 Å². The predicted octanol–water partition coefficient (Wildman–Crippen LogP) is 3.50. The van der Waals surface area contributed by atoms with E-state index in [-0.39, 0.29) is 35.8 Å². The van der Waals surface area contributed by atoms with Gasteiger partial charge in [0.05, 0.1) is 12.2 Å². The van der Waals surface area contributed by atoms with E-state index >= 15 is 0 Å². The Morgan fingerprint density at radius 1 is 1.17 bits per heavy atom. The van der Waals surface area contributed by atoms with E-state index in [0.717, 1.165) is 35.1 Å². The molecule has 0 atom stereocenters. The standard InChI is InChI=1S/C21H32N6O.HI/c1-7-22-21(24-13-19-15(4)26-27(6)16(19)5)23-12-17-8-10-18(11-9-17)25-20(28)14(2)3;/h8-11,14H,7,12-13H2,1-6H3,(H,25,28)(H2,22,23,24);1H. The van der Waals surface area contributed by atoms with Crippen LogP contribution < -0.4 is 16.0 Å². The number of aromatic nitrogens is 2. The molecule has 0 fully saturated rings. The van der Waals surface area contributed by atoms with Crippen LogP contribution in [0.5, 0.6) is 0 Å². The van der Waals surface area contributed by atoms with E-state index in [1.165, 1.54) is 5.56 Å². The van der Waals surface area contributed by atoms with Crippen molar-refractivity contribution >= 4 is 41.5 Å². The lowest BCUT2D eigenvalue weighted by atomic mass is 10.1. The number of carbonyl (C=O) groups is 1. The number of anilines is 1. The zero-order valence-electron chi connectivity index (χ0n) is 18.2. The van der Waals surface area contributed by atoms with E-state index < -0.39 is 0 Å². The van der Waals surface area contributed by atoms with Crippen LogP contribution in [0.2, 0.25) is 0 Å². The second-order valence-electron chi connectivity index (χ2n) is 7.16. The number of hydrogen-bond acceptors (Lipinski definition) is 3. The lowest BCUT2D eigenvalue weighted by Crippen LogP contribution is -2.37. The minimum atomic E-state index is -0.0369. The molecule has 0 spiro atoms. The number of hydrogen-bond donors (Lipinski definition) is 3. The minimum Gasteiger partial charge on any atom is -0.357 e. The molecular formula is C21H33IN6O. The summed E-state index contributed by atoms with van der Waals surface area (Å²) < 4.78 is 1.90. The van der Waals surface area contributed by atoms with Crippen molar-refractivity contribution in [3.05, 3.63) is 46.8 Å². The third-order valence-corrected chi connectivity index (χ3v) is 4.60. The number of carbonyl (C=O) groups excluding carboxylic acids is 1. The zero-order valence-corrected chi connectivity index (χ0v) is 20.5. The van der Waals surface area contributed by atoms with E-state index in [1.54, 1.807) is 0 Å². The summed E-state index contributed by atoms with van der Waals surface area (Å²) in [4.78, 5) is 16.4. The number of rotatable bonds is 7. The van der Waals surface area contributed by atoms with E-state index in [9.17, 15) is 4.79 Å². The molecule has 0 aliphatic heterocycles. The number of nitrogens with one attached hydrogen (secondary N) is 3. The third-order valence-electron chi connectivity index (χ3n) is 4.60. The van der Waals surface area contributed by atoms with Crippen LogP contribution in [0.15, 0.2) is 29.3 Å². The van der Waals surface area contributed by atoms with Gasteiger partial charge in [-0.2, -0.15) is 5.10 Å². The topological polar surface area (TPSA) is 83.3 Å². The molecule has 7 nitrogen and oxygen atoms in total. The second kappa shape index (κ2) is 11.8. The molecule has 0 saturated carbocycles. The van der Waals surface area contributed by atoms with Gasteiger partial charge in [-0.3, -0.25) is 9.48 Å². The highest BCUT2D eigenvalue weighted by Crippen LogP contribution is 2.13. The molecule has 2 aromatic rings. The Morgan fingerprint density at radius 3 is 2.34 bits per heavy atom. The first-order valence-electron chi connectivity index (χ1n) is 9.72. The van der Waals surface area contributed by atoms with Crippen LogP contribution in [0.25, 0.3) is 0 Å². The van der Waals surface area contributed by atoms with Crippen LogP contribution in [-0.4, -0.2) is 28.2 Å². The van der Waals surface area contributed by atoms with Crippen LogP contribution in [0.4, 0.5) is 5.69 Å². The van der Waals surface area contributed by atoms with Gasteiger partial charge in [0.25, 0.3) is 0 Å². The molecule has 1 aromatic carbocycles. The summed E-state index contributed by atoms with van der Waals surface area (Å²) in [5.41, 5.74) is 5.26. The van der Waals surface area contributed by atoms with Crippen molar-refractivity contribution < 1.29 is 4.79 Å². The first-order valence-corrected chi connectivity index (χ1v) is 9.72. The fourth-order valence-electron chi connectivity index (χ4n) is 2.74. The normalized spacial score (nSPS) is 11.2. The predicted molar refractivity (Wildman–Crippen MR) is 130 cm³/mol. The van der Waals surface area contributed by atoms with Gasteiger partial charge in [0.2, 0.25) is 5.91 Å². The maximum atomic E-state index is 11.8. The van der Waals surface area contributed by atoms with Crippen molar-refractivity contribution in [2.75, 3.05) is 11.9 Å². The highest BCUT2D eigenvalue weighted by atomic mass is 127. The molecule has 29 heavy (non-hydrogen) atoms. The molecule has 0 aliphatic rings. The lowest BCUT2D eigenvalue weighted by molar-refractivity contribution is -0.118. The van der Waals surface area contributed by atoms with Crippen molar-refractivity contribution in [3.63, 3.8) is 0 Å². The van der Waals surface area contributed by atoms with Gasteiger partial charge >= 0.3 is 0 Å². The van der Waals surface area contributed by atoms with Gasteiger partial charge in [-0.1, -0.05) is 26.0 Å². The Morgan fingerprint density at radius 2 is 1.83 bits per heavy atom. The van der Waals surface area contributed by atoms with Gasteiger partial charge in [-0.05, 0) is 38.5 Å². The number of aliphatic imine (C=N–C) groups is 1. The summed E-state index contributed by atoms with van der Waals surface area (Å²) in [5, 5.41) is 14.0. The molecule has 0 bridgehead atoms. The third kappa shape index (κ3) is 7.34. The van der Waals surface area contributed by atoms with Crippen LogP contribution in [0, 0.1) is 19.8 Å². The fraction of sp³-hybridized carbons (Fsp3) is 0.476. The largest absolute Gasteiger partial charge is 0.357 e. The average molecular weight is 512 g/mol. The molecule has 1 heterocycles. The molecule has 0 unspecified atom stereocenters. The van der Waals surface area contributed by atoms with Gasteiger partial charge in [0.1, 0.15) is 0 Å². The smallest absolute Gasteiger partial charge is 0.226 e. The van der Waals surface area contributed by atoms with E-state index in [0.29, 0.717) is 13.1 Å². The molecule has 1 amide bonds. The van der Waals surface area contributed by atoms with Gasteiger partial charge in [-0.15, -0.1) is 24.0 Å². The Kier molecular flexibility index (Phi) is 10.1. The Bertz CT molecular complexity index is 826. The van der Waals surface area contributed by atoms with Crippen molar-refractivity contribution in [1.29, 1.82) is 0 Å². The molecule has 2 rings (SSSR count).